The van der Waals surface area contributed by atoms with Crippen LogP contribution < -0.4 is 4.74 Å². The van der Waals surface area contributed by atoms with E-state index < -0.39 is 0 Å². The van der Waals surface area contributed by atoms with Gasteiger partial charge < -0.3 is 14.2 Å². The van der Waals surface area contributed by atoms with E-state index in [1.165, 1.54) is 0 Å². The molecule has 1 saturated carbocycles. The average molecular weight is 389 g/mol. The summed E-state index contributed by atoms with van der Waals surface area (Å²) in [6, 6.07) is 7.88. The molecule has 4 atom stereocenters. The van der Waals surface area contributed by atoms with Crippen LogP contribution >= 0.6 is 0 Å². The minimum Gasteiger partial charge on any atom is -0.497 e. The van der Waals surface area contributed by atoms with Crippen LogP contribution in [-0.4, -0.2) is 32.2 Å². The zero-order chi connectivity index (χ0) is 20.7. The molecule has 0 aromatic heterocycles. The molecule has 1 aromatic rings. The van der Waals surface area contributed by atoms with Gasteiger partial charge >= 0.3 is 0 Å². The fourth-order valence-corrected chi connectivity index (χ4v) is 3.91. The number of hydrogen-bond donors (Lipinski definition) is 0. The van der Waals surface area contributed by atoms with Crippen LogP contribution in [0.1, 0.15) is 52.5 Å². The molecule has 0 radical (unpaired) electrons. The maximum absolute atomic E-state index is 12.9. The molecule has 1 aliphatic carbocycles. The van der Waals surface area contributed by atoms with E-state index in [0.29, 0.717) is 18.9 Å². The summed E-state index contributed by atoms with van der Waals surface area (Å²) in [5.41, 5.74) is 2.20. The van der Waals surface area contributed by atoms with E-state index in [-0.39, 0.29) is 29.8 Å². The van der Waals surface area contributed by atoms with Gasteiger partial charge in [-0.25, -0.2) is 0 Å². The van der Waals surface area contributed by atoms with Crippen LogP contribution in [0.4, 0.5) is 0 Å². The van der Waals surface area contributed by atoms with Gasteiger partial charge in [0.25, 0.3) is 0 Å². The number of methoxy groups -OCH3 is 2. The molecule has 1 fully saturated rings. The van der Waals surface area contributed by atoms with Crippen molar-refractivity contribution in [2.75, 3.05) is 14.2 Å². The highest BCUT2D eigenvalue weighted by Crippen LogP contribution is 2.35. The van der Waals surface area contributed by atoms with Crippen LogP contribution in [-0.2, 0) is 20.9 Å². The van der Waals surface area contributed by atoms with E-state index in [2.05, 4.69) is 26.8 Å². The molecule has 4 unspecified atom stereocenters. The van der Waals surface area contributed by atoms with E-state index in [4.69, 9.17) is 14.2 Å². The zero-order valence-electron chi connectivity index (χ0n) is 18.2. The number of Topliss-reactive ketones (excluding diaryl/α,β-unsaturated/α-hetero) is 1. The number of carbonyl (C=O) groups excluding carboxylic acids is 1. The smallest absolute Gasteiger partial charge is 0.145 e. The molecule has 0 N–H and O–H groups in total. The van der Waals surface area contributed by atoms with Crippen LogP contribution in [0.5, 0.6) is 5.75 Å². The minimum atomic E-state index is -0.239. The van der Waals surface area contributed by atoms with Crippen molar-refractivity contribution in [1.29, 1.82) is 0 Å². The number of allylic oxidation sites excluding steroid dienone is 1. The predicted octanol–water partition coefficient (Wildman–Crippen LogP) is 5.20. The highest BCUT2D eigenvalue weighted by molar-refractivity contribution is 5.87. The highest BCUT2D eigenvalue weighted by Gasteiger charge is 2.43. The topological polar surface area (TPSA) is 44.8 Å². The van der Waals surface area contributed by atoms with Crippen molar-refractivity contribution in [3.8, 4) is 5.75 Å². The Morgan fingerprint density at radius 2 is 1.89 bits per heavy atom. The van der Waals surface area contributed by atoms with Gasteiger partial charge in [-0.15, -0.1) is 0 Å². The molecule has 1 aromatic carbocycles. The monoisotopic (exact) mass is 388 g/mol. The first-order valence-electron chi connectivity index (χ1n) is 10.3. The lowest BCUT2D eigenvalue weighted by Crippen LogP contribution is -2.49. The normalized spacial score (nSPS) is 26.0. The SMILES string of the molecule is COc1ccc(COC2CC(C)C(=O)C(/C(C)=C/CCC(C)C)C2OC)cc1. The number of hydrogen-bond acceptors (Lipinski definition) is 4. The number of rotatable bonds is 9. The molecule has 0 spiro atoms. The van der Waals surface area contributed by atoms with E-state index in [9.17, 15) is 4.79 Å². The van der Waals surface area contributed by atoms with Gasteiger partial charge in [0.05, 0.1) is 31.8 Å². The Bertz CT molecular complexity index is 647. The molecule has 0 aliphatic heterocycles. The lowest BCUT2D eigenvalue weighted by Gasteiger charge is -2.39. The second-order valence-corrected chi connectivity index (χ2v) is 8.33. The molecule has 0 amide bonds. The van der Waals surface area contributed by atoms with Crippen LogP contribution in [0, 0.1) is 17.8 Å². The third-order valence-electron chi connectivity index (χ3n) is 5.67. The lowest BCUT2D eigenvalue weighted by molar-refractivity contribution is -0.150. The van der Waals surface area contributed by atoms with Gasteiger partial charge in [0.1, 0.15) is 11.5 Å². The molecular weight excluding hydrogens is 352 g/mol. The molecular formula is C24H36O4. The number of carbonyl (C=O) groups is 1. The number of ether oxygens (including phenoxy) is 3. The Morgan fingerprint density at radius 3 is 2.46 bits per heavy atom. The minimum absolute atomic E-state index is 0.0225. The summed E-state index contributed by atoms with van der Waals surface area (Å²) in [4.78, 5) is 12.9. The first-order valence-corrected chi connectivity index (χ1v) is 10.3. The Hall–Kier alpha value is -1.65. The lowest BCUT2D eigenvalue weighted by atomic mass is 9.73. The second-order valence-electron chi connectivity index (χ2n) is 8.33. The maximum Gasteiger partial charge on any atom is 0.145 e. The second kappa shape index (κ2) is 10.8. The molecule has 0 saturated heterocycles. The zero-order valence-corrected chi connectivity index (χ0v) is 18.2. The van der Waals surface area contributed by atoms with Crippen molar-refractivity contribution >= 4 is 5.78 Å². The van der Waals surface area contributed by atoms with Gasteiger partial charge in [0.2, 0.25) is 0 Å². The van der Waals surface area contributed by atoms with Gasteiger partial charge in [0.15, 0.2) is 0 Å². The van der Waals surface area contributed by atoms with Crippen LogP contribution in [0.25, 0.3) is 0 Å². The first kappa shape index (κ1) is 22.6. The van der Waals surface area contributed by atoms with Crippen molar-refractivity contribution in [3.05, 3.63) is 41.5 Å². The van der Waals surface area contributed by atoms with Gasteiger partial charge in [-0.1, -0.05) is 44.6 Å². The van der Waals surface area contributed by atoms with Crippen LogP contribution in [0.2, 0.25) is 0 Å². The highest BCUT2D eigenvalue weighted by atomic mass is 16.5. The van der Waals surface area contributed by atoms with Crippen molar-refractivity contribution in [2.45, 2.75) is 65.8 Å². The van der Waals surface area contributed by atoms with Gasteiger partial charge in [-0.05, 0) is 49.8 Å². The molecule has 0 bridgehead atoms. The van der Waals surface area contributed by atoms with Gasteiger partial charge in [-0.3, -0.25) is 4.79 Å². The molecule has 28 heavy (non-hydrogen) atoms. The molecule has 0 heterocycles. The summed E-state index contributed by atoms with van der Waals surface area (Å²) < 4.78 is 17.3. The van der Waals surface area contributed by atoms with E-state index in [0.717, 1.165) is 29.7 Å². The summed E-state index contributed by atoms with van der Waals surface area (Å²) in [5, 5.41) is 0. The largest absolute Gasteiger partial charge is 0.497 e. The Morgan fingerprint density at radius 1 is 1.21 bits per heavy atom. The van der Waals surface area contributed by atoms with E-state index in [1.54, 1.807) is 14.2 Å². The molecule has 4 heteroatoms. The number of ketones is 1. The van der Waals surface area contributed by atoms with Gasteiger partial charge in [-0.2, -0.15) is 0 Å². The molecule has 4 nitrogen and oxygen atoms in total. The summed E-state index contributed by atoms with van der Waals surface area (Å²) in [6.07, 6.45) is 4.70. The Labute approximate surface area is 170 Å². The summed E-state index contributed by atoms with van der Waals surface area (Å²) >= 11 is 0. The predicted molar refractivity (Wildman–Crippen MR) is 112 cm³/mol. The standard InChI is InChI=1S/C24H36O4/c1-16(2)8-7-9-17(3)22-23(25)18(4)14-21(24(22)27-6)28-15-19-10-12-20(26-5)13-11-19/h9-13,16,18,21-22,24H,7-8,14-15H2,1-6H3/b17-9+. The fraction of sp³-hybridized carbons (Fsp3) is 0.625. The summed E-state index contributed by atoms with van der Waals surface area (Å²) in [7, 11) is 3.35. The molecule has 156 valence electrons. The van der Waals surface area contributed by atoms with Crippen molar-refractivity contribution in [3.63, 3.8) is 0 Å². The quantitative estimate of drug-likeness (QED) is 0.545. The first-order chi connectivity index (χ1) is 13.4. The Kier molecular flexibility index (Phi) is 8.71. The maximum atomic E-state index is 12.9. The van der Waals surface area contributed by atoms with E-state index in [1.807, 2.05) is 31.2 Å². The molecule has 2 rings (SSSR count). The molecule has 1 aliphatic rings. The van der Waals surface area contributed by atoms with E-state index >= 15 is 0 Å². The van der Waals surface area contributed by atoms with Gasteiger partial charge in [0, 0.05) is 13.0 Å². The number of benzene rings is 1. The van der Waals surface area contributed by atoms with Crippen LogP contribution in [0.3, 0.4) is 0 Å². The van der Waals surface area contributed by atoms with Crippen molar-refractivity contribution < 1.29 is 19.0 Å². The van der Waals surface area contributed by atoms with Crippen molar-refractivity contribution in [2.24, 2.45) is 17.8 Å². The third-order valence-corrected chi connectivity index (χ3v) is 5.67. The summed E-state index contributed by atoms with van der Waals surface area (Å²) in [6.45, 7) is 9.01. The Balaban J connectivity index is 2.09. The fourth-order valence-electron chi connectivity index (χ4n) is 3.91. The average Bonchev–Trinajstić information content (AvgIpc) is 2.68. The van der Waals surface area contributed by atoms with Crippen molar-refractivity contribution in [1.82, 2.24) is 0 Å². The third kappa shape index (κ3) is 5.92. The summed E-state index contributed by atoms with van der Waals surface area (Å²) in [5.74, 6) is 1.52. The van der Waals surface area contributed by atoms with Crippen LogP contribution in [0.15, 0.2) is 35.9 Å².